The molecular weight excluding hydrogens is 402 g/mol. The van der Waals surface area contributed by atoms with E-state index in [4.69, 9.17) is 14.2 Å². The molecule has 9 nitrogen and oxygen atoms in total. The summed E-state index contributed by atoms with van der Waals surface area (Å²) in [7, 11) is 3.12. The van der Waals surface area contributed by atoms with Crippen molar-refractivity contribution in [3.8, 4) is 23.0 Å². The second kappa shape index (κ2) is 12.1. The predicted molar refractivity (Wildman–Crippen MR) is 116 cm³/mol. The highest BCUT2D eigenvalue weighted by atomic mass is 16.5. The number of carbonyl (C=O) groups excluding carboxylic acids is 2. The fraction of sp³-hybridized carbons (Fsp3) is 0.318. The van der Waals surface area contributed by atoms with E-state index in [0.29, 0.717) is 42.4 Å². The van der Waals surface area contributed by atoms with Crippen LogP contribution in [0.4, 0.5) is 0 Å². The van der Waals surface area contributed by atoms with Crippen LogP contribution in [-0.4, -0.2) is 50.5 Å². The molecule has 2 aromatic carbocycles. The average Bonchev–Trinajstić information content (AvgIpc) is 2.76. The van der Waals surface area contributed by atoms with E-state index >= 15 is 0 Å². The van der Waals surface area contributed by atoms with E-state index in [1.165, 1.54) is 12.3 Å². The largest absolute Gasteiger partial charge is 0.504 e. The number of hydrogen-bond acceptors (Lipinski definition) is 7. The van der Waals surface area contributed by atoms with E-state index < -0.39 is 11.8 Å². The molecule has 3 N–H and O–H groups in total. The fourth-order valence-corrected chi connectivity index (χ4v) is 2.69. The Morgan fingerprint density at radius 1 is 1.03 bits per heavy atom. The minimum atomic E-state index is -0.538. The molecule has 0 aliphatic rings. The van der Waals surface area contributed by atoms with Crippen LogP contribution in [0.15, 0.2) is 41.5 Å². The van der Waals surface area contributed by atoms with Crippen LogP contribution in [0.2, 0.25) is 0 Å². The Bertz CT molecular complexity index is 929. The number of rotatable bonds is 11. The van der Waals surface area contributed by atoms with Crippen molar-refractivity contribution < 1.29 is 28.9 Å². The minimum absolute atomic E-state index is 0.0211. The van der Waals surface area contributed by atoms with Crippen molar-refractivity contribution >= 4 is 18.0 Å². The molecule has 0 bridgehead atoms. The van der Waals surface area contributed by atoms with Crippen LogP contribution in [0, 0.1) is 0 Å². The van der Waals surface area contributed by atoms with Crippen LogP contribution in [0.3, 0.4) is 0 Å². The van der Waals surface area contributed by atoms with E-state index in [9.17, 15) is 14.7 Å². The molecule has 2 rings (SSSR count). The van der Waals surface area contributed by atoms with Gasteiger partial charge in [-0.05, 0) is 54.8 Å². The zero-order valence-electron chi connectivity index (χ0n) is 17.8. The molecule has 0 aliphatic carbocycles. The standard InChI is InChI=1S/C22H27N3O6/c1-4-31-19-12-16(5-7-17(19)26)14-24-25-22(28)13-21(27)23-10-9-15-6-8-18(29-2)20(11-15)30-3/h5-8,11-12,14,26H,4,9-10,13H2,1-3H3,(H,23,27)(H,25,28)/b24-14-. The molecule has 2 amide bonds. The van der Waals surface area contributed by atoms with Gasteiger partial charge in [0, 0.05) is 6.54 Å². The maximum Gasteiger partial charge on any atom is 0.249 e. The number of carbonyl (C=O) groups is 2. The highest BCUT2D eigenvalue weighted by Crippen LogP contribution is 2.27. The molecule has 0 aliphatic heterocycles. The third kappa shape index (κ3) is 7.54. The second-order valence-corrected chi connectivity index (χ2v) is 6.42. The van der Waals surface area contributed by atoms with Gasteiger partial charge in [0.05, 0.1) is 27.0 Å². The molecule has 9 heteroatoms. The fourth-order valence-electron chi connectivity index (χ4n) is 2.69. The Kier molecular flexibility index (Phi) is 9.15. The molecule has 0 fully saturated rings. The molecule has 0 radical (unpaired) electrons. The van der Waals surface area contributed by atoms with E-state index in [1.807, 2.05) is 12.1 Å². The molecule has 31 heavy (non-hydrogen) atoms. The van der Waals surface area contributed by atoms with Crippen LogP contribution >= 0.6 is 0 Å². The molecule has 166 valence electrons. The summed E-state index contributed by atoms with van der Waals surface area (Å²) in [6, 6.07) is 10.2. The van der Waals surface area contributed by atoms with Gasteiger partial charge >= 0.3 is 0 Å². The lowest BCUT2D eigenvalue weighted by atomic mass is 10.1. The Hall–Kier alpha value is -3.75. The van der Waals surface area contributed by atoms with Gasteiger partial charge in [-0.25, -0.2) is 5.43 Å². The molecule has 0 saturated heterocycles. The molecule has 0 atom stereocenters. The third-order valence-electron chi connectivity index (χ3n) is 4.19. The van der Waals surface area contributed by atoms with E-state index in [1.54, 1.807) is 39.3 Å². The first kappa shape index (κ1) is 23.5. The van der Waals surface area contributed by atoms with Crippen molar-refractivity contribution in [3.63, 3.8) is 0 Å². The van der Waals surface area contributed by atoms with Gasteiger partial charge in [0.25, 0.3) is 0 Å². The van der Waals surface area contributed by atoms with Gasteiger partial charge in [0.1, 0.15) is 6.42 Å². The summed E-state index contributed by atoms with van der Waals surface area (Å²) in [5, 5.41) is 16.2. The first-order valence-electron chi connectivity index (χ1n) is 9.72. The highest BCUT2D eigenvalue weighted by Gasteiger charge is 2.09. The normalized spacial score (nSPS) is 10.5. The van der Waals surface area contributed by atoms with Gasteiger partial charge in [-0.15, -0.1) is 0 Å². The van der Waals surface area contributed by atoms with Crippen molar-refractivity contribution in [1.29, 1.82) is 0 Å². The van der Waals surface area contributed by atoms with Crippen LogP contribution in [-0.2, 0) is 16.0 Å². The predicted octanol–water partition coefficient (Wildman–Crippen LogP) is 2.01. The average molecular weight is 429 g/mol. The van der Waals surface area contributed by atoms with Crippen LogP contribution in [0.1, 0.15) is 24.5 Å². The number of ether oxygens (including phenoxy) is 3. The summed E-state index contributed by atoms with van der Waals surface area (Å²) in [4.78, 5) is 23.8. The Balaban J connectivity index is 1.75. The summed E-state index contributed by atoms with van der Waals surface area (Å²) >= 11 is 0. The van der Waals surface area contributed by atoms with Crippen LogP contribution in [0.5, 0.6) is 23.0 Å². The number of nitrogens with zero attached hydrogens (tertiary/aromatic N) is 1. The first-order chi connectivity index (χ1) is 15.0. The lowest BCUT2D eigenvalue weighted by molar-refractivity contribution is -0.129. The van der Waals surface area contributed by atoms with Gasteiger partial charge in [-0.1, -0.05) is 6.07 Å². The Morgan fingerprint density at radius 3 is 2.52 bits per heavy atom. The lowest BCUT2D eigenvalue weighted by Gasteiger charge is -2.10. The van der Waals surface area contributed by atoms with E-state index in [-0.39, 0.29) is 12.2 Å². The number of benzene rings is 2. The van der Waals surface area contributed by atoms with Gasteiger partial charge < -0.3 is 24.6 Å². The molecule has 0 heterocycles. The number of methoxy groups -OCH3 is 2. The number of phenols is 1. The molecular formula is C22H27N3O6. The Morgan fingerprint density at radius 2 is 1.81 bits per heavy atom. The quantitative estimate of drug-likeness (QED) is 0.286. The number of hydrogen-bond donors (Lipinski definition) is 3. The molecule has 2 aromatic rings. The van der Waals surface area contributed by atoms with E-state index in [0.717, 1.165) is 5.56 Å². The van der Waals surface area contributed by atoms with Gasteiger partial charge in [0.15, 0.2) is 23.0 Å². The number of amides is 2. The van der Waals surface area contributed by atoms with Crippen molar-refractivity contribution in [2.75, 3.05) is 27.4 Å². The van der Waals surface area contributed by atoms with Crippen molar-refractivity contribution in [2.24, 2.45) is 5.10 Å². The minimum Gasteiger partial charge on any atom is -0.504 e. The monoisotopic (exact) mass is 429 g/mol. The smallest absolute Gasteiger partial charge is 0.249 e. The summed E-state index contributed by atoms with van der Waals surface area (Å²) in [5.41, 5.74) is 3.89. The number of nitrogens with one attached hydrogen (secondary N) is 2. The summed E-state index contributed by atoms with van der Waals surface area (Å²) in [5.74, 6) is 0.652. The molecule has 0 spiro atoms. The van der Waals surface area contributed by atoms with Gasteiger partial charge in [0.2, 0.25) is 11.8 Å². The molecule has 0 saturated carbocycles. The maximum atomic E-state index is 11.9. The zero-order chi connectivity index (χ0) is 22.6. The van der Waals surface area contributed by atoms with E-state index in [2.05, 4.69) is 15.8 Å². The Labute approximate surface area is 181 Å². The van der Waals surface area contributed by atoms with Crippen LogP contribution < -0.4 is 25.0 Å². The van der Waals surface area contributed by atoms with Crippen molar-refractivity contribution in [2.45, 2.75) is 19.8 Å². The number of phenolic OH excluding ortho intramolecular Hbond substituents is 1. The summed E-state index contributed by atoms with van der Waals surface area (Å²) < 4.78 is 15.7. The molecule has 0 unspecified atom stereocenters. The second-order valence-electron chi connectivity index (χ2n) is 6.42. The third-order valence-corrected chi connectivity index (χ3v) is 4.19. The maximum absolute atomic E-state index is 11.9. The van der Waals surface area contributed by atoms with Crippen molar-refractivity contribution in [3.05, 3.63) is 47.5 Å². The summed E-state index contributed by atoms with van der Waals surface area (Å²) in [6.45, 7) is 2.59. The lowest BCUT2D eigenvalue weighted by Crippen LogP contribution is -2.31. The van der Waals surface area contributed by atoms with Gasteiger partial charge in [-0.3, -0.25) is 9.59 Å². The van der Waals surface area contributed by atoms with Crippen LogP contribution in [0.25, 0.3) is 0 Å². The number of hydrazone groups is 1. The zero-order valence-corrected chi connectivity index (χ0v) is 17.8. The SMILES string of the molecule is CCOc1cc(/C=N\NC(=O)CC(=O)NCCc2ccc(OC)c(OC)c2)ccc1O. The molecule has 0 aromatic heterocycles. The number of aromatic hydroxyl groups is 1. The first-order valence-corrected chi connectivity index (χ1v) is 9.72. The van der Waals surface area contributed by atoms with Crippen molar-refractivity contribution in [1.82, 2.24) is 10.7 Å². The highest BCUT2D eigenvalue weighted by molar-refractivity contribution is 5.97. The van der Waals surface area contributed by atoms with Gasteiger partial charge in [-0.2, -0.15) is 5.10 Å². The summed E-state index contributed by atoms with van der Waals surface area (Å²) in [6.07, 6.45) is 1.63. The topological polar surface area (TPSA) is 118 Å².